The number of hydrogen-bond donors (Lipinski definition) is 1. The number of carbonyl (C=O) groups excluding carboxylic acids is 1. The van der Waals surface area contributed by atoms with Crippen molar-refractivity contribution in [3.63, 3.8) is 0 Å². The average molecular weight is 429 g/mol. The van der Waals surface area contributed by atoms with Crippen LogP contribution in [0.5, 0.6) is 5.19 Å². The number of hydrogen-bond acceptors (Lipinski definition) is 6. The number of halogens is 1. The molecule has 7 nitrogen and oxygen atoms in total. The minimum absolute atomic E-state index is 0.0243. The van der Waals surface area contributed by atoms with Gasteiger partial charge in [0.15, 0.2) is 11.5 Å². The van der Waals surface area contributed by atoms with Crippen molar-refractivity contribution in [2.24, 2.45) is 0 Å². The van der Waals surface area contributed by atoms with Crippen LogP contribution in [-0.4, -0.2) is 45.2 Å². The maximum atomic E-state index is 12.7. The van der Waals surface area contributed by atoms with E-state index in [1.807, 2.05) is 24.3 Å². The number of nitrogens with zero attached hydrogens (tertiary/aromatic N) is 3. The summed E-state index contributed by atoms with van der Waals surface area (Å²) in [5.74, 6) is 0.559. The SMILES string of the molecule is O=C(c1cc(-c2ccco2)[nH]n1)N1CCC(Oc2nc3c(Cl)cccc3s2)CC1. The number of benzene rings is 1. The Hall–Kier alpha value is -2.84. The lowest BCUT2D eigenvalue weighted by Crippen LogP contribution is -2.41. The molecule has 4 heterocycles. The minimum Gasteiger partial charge on any atom is -0.467 e. The van der Waals surface area contributed by atoms with E-state index in [0.29, 0.717) is 40.5 Å². The molecule has 9 heteroatoms. The Kier molecular flexibility index (Phi) is 4.73. The molecule has 0 spiro atoms. The highest BCUT2D eigenvalue weighted by Gasteiger charge is 2.27. The van der Waals surface area contributed by atoms with Crippen LogP contribution in [0.2, 0.25) is 5.02 Å². The Morgan fingerprint density at radius 3 is 2.90 bits per heavy atom. The van der Waals surface area contributed by atoms with E-state index in [1.54, 1.807) is 23.3 Å². The van der Waals surface area contributed by atoms with E-state index in [1.165, 1.54) is 11.3 Å². The normalized spacial score (nSPS) is 15.1. The number of aromatic nitrogens is 3. The van der Waals surface area contributed by atoms with Crippen LogP contribution in [0.4, 0.5) is 0 Å². The second kappa shape index (κ2) is 7.53. The molecule has 1 saturated heterocycles. The first kappa shape index (κ1) is 18.2. The van der Waals surface area contributed by atoms with Gasteiger partial charge in [0.1, 0.15) is 17.3 Å². The van der Waals surface area contributed by atoms with Gasteiger partial charge in [-0.3, -0.25) is 9.89 Å². The molecule has 0 radical (unpaired) electrons. The van der Waals surface area contributed by atoms with Crippen LogP contribution >= 0.6 is 22.9 Å². The number of furan rings is 1. The van der Waals surface area contributed by atoms with E-state index < -0.39 is 0 Å². The predicted molar refractivity (Wildman–Crippen MR) is 110 cm³/mol. The lowest BCUT2D eigenvalue weighted by Gasteiger charge is -2.31. The lowest BCUT2D eigenvalue weighted by molar-refractivity contribution is 0.0590. The second-order valence-corrected chi connectivity index (χ2v) is 8.22. The fourth-order valence-corrected chi connectivity index (χ4v) is 4.60. The molecule has 148 valence electrons. The number of carbonyl (C=O) groups is 1. The molecule has 4 aromatic rings. The number of aromatic amines is 1. The van der Waals surface area contributed by atoms with Crippen LogP contribution in [0.15, 0.2) is 47.1 Å². The van der Waals surface area contributed by atoms with Gasteiger partial charge in [-0.1, -0.05) is 29.0 Å². The van der Waals surface area contributed by atoms with Crippen LogP contribution in [-0.2, 0) is 0 Å². The van der Waals surface area contributed by atoms with Gasteiger partial charge in [0.05, 0.1) is 16.0 Å². The number of likely N-dealkylation sites (tertiary alicyclic amines) is 1. The molecule has 1 aromatic carbocycles. The number of rotatable bonds is 4. The molecule has 0 bridgehead atoms. The summed E-state index contributed by atoms with van der Waals surface area (Å²) < 4.78 is 12.4. The Labute approximate surface area is 175 Å². The number of para-hydroxylation sites is 1. The molecule has 0 aliphatic carbocycles. The number of amides is 1. The number of ether oxygens (including phenoxy) is 1. The van der Waals surface area contributed by atoms with Crippen LogP contribution in [0.25, 0.3) is 21.7 Å². The predicted octanol–water partition coefficient (Wildman–Crippen LogP) is 4.62. The van der Waals surface area contributed by atoms with Gasteiger partial charge < -0.3 is 14.1 Å². The van der Waals surface area contributed by atoms with Gasteiger partial charge >= 0.3 is 0 Å². The van der Waals surface area contributed by atoms with Crippen molar-refractivity contribution in [2.75, 3.05) is 13.1 Å². The summed E-state index contributed by atoms with van der Waals surface area (Å²) in [5.41, 5.74) is 1.84. The summed E-state index contributed by atoms with van der Waals surface area (Å²) in [6.07, 6.45) is 3.09. The third-order valence-electron chi connectivity index (χ3n) is 4.93. The molecule has 0 atom stereocenters. The molecule has 0 saturated carbocycles. The highest BCUT2D eigenvalue weighted by atomic mass is 35.5. The molecule has 29 heavy (non-hydrogen) atoms. The Morgan fingerprint density at radius 1 is 1.28 bits per heavy atom. The number of thiazole rings is 1. The summed E-state index contributed by atoms with van der Waals surface area (Å²) in [5, 5.41) is 8.24. The standard InChI is InChI=1S/C20H17ClN4O3S/c21-13-3-1-5-17-18(13)22-20(29-17)28-12-6-8-25(9-7-12)19(26)15-11-14(23-24-15)16-4-2-10-27-16/h1-5,10-12H,6-9H2,(H,23,24). The van der Waals surface area contributed by atoms with Crippen LogP contribution in [0, 0.1) is 0 Å². The quantitative estimate of drug-likeness (QED) is 0.512. The van der Waals surface area contributed by atoms with Gasteiger partial charge in [0, 0.05) is 32.0 Å². The smallest absolute Gasteiger partial charge is 0.274 e. The van der Waals surface area contributed by atoms with Crippen molar-refractivity contribution >= 4 is 39.1 Å². The zero-order valence-corrected chi connectivity index (χ0v) is 16.9. The average Bonchev–Trinajstić information content (AvgIpc) is 3.48. The monoisotopic (exact) mass is 428 g/mol. The van der Waals surface area contributed by atoms with E-state index in [0.717, 1.165) is 23.1 Å². The topological polar surface area (TPSA) is 84.2 Å². The minimum atomic E-state index is -0.0933. The number of fused-ring (bicyclic) bond motifs is 1. The van der Waals surface area contributed by atoms with Crippen LogP contribution < -0.4 is 4.74 Å². The zero-order chi connectivity index (χ0) is 19.8. The zero-order valence-electron chi connectivity index (χ0n) is 15.3. The van der Waals surface area contributed by atoms with E-state index in [2.05, 4.69) is 15.2 Å². The largest absolute Gasteiger partial charge is 0.467 e. The van der Waals surface area contributed by atoms with Crippen molar-refractivity contribution in [1.29, 1.82) is 0 Å². The second-order valence-electron chi connectivity index (χ2n) is 6.82. The molecule has 0 unspecified atom stereocenters. The molecule has 1 aliphatic rings. The molecule has 1 N–H and O–H groups in total. The summed E-state index contributed by atoms with van der Waals surface area (Å²) in [6, 6.07) is 11.0. The Balaban J connectivity index is 1.21. The first-order valence-corrected chi connectivity index (χ1v) is 10.5. The van der Waals surface area contributed by atoms with Crippen molar-refractivity contribution < 1.29 is 13.9 Å². The molecule has 5 rings (SSSR count). The molecule has 1 amide bonds. The summed E-state index contributed by atoms with van der Waals surface area (Å²) >= 11 is 7.68. The summed E-state index contributed by atoms with van der Waals surface area (Å²) in [6.45, 7) is 1.22. The number of nitrogens with one attached hydrogen (secondary N) is 1. The van der Waals surface area contributed by atoms with Crippen molar-refractivity contribution in [1.82, 2.24) is 20.1 Å². The van der Waals surface area contributed by atoms with Gasteiger partial charge in [-0.25, -0.2) is 4.98 Å². The van der Waals surface area contributed by atoms with Gasteiger partial charge in [0.25, 0.3) is 11.1 Å². The summed E-state index contributed by atoms with van der Waals surface area (Å²) in [4.78, 5) is 19.0. The Bertz CT molecular complexity index is 1150. The highest BCUT2D eigenvalue weighted by Crippen LogP contribution is 2.33. The molecular formula is C20H17ClN4O3S. The van der Waals surface area contributed by atoms with Gasteiger partial charge in [-0.15, -0.1) is 0 Å². The van der Waals surface area contributed by atoms with Gasteiger partial charge in [0.2, 0.25) is 0 Å². The number of piperidine rings is 1. The van der Waals surface area contributed by atoms with E-state index in [4.69, 9.17) is 20.8 Å². The van der Waals surface area contributed by atoms with Crippen LogP contribution in [0.3, 0.4) is 0 Å². The maximum Gasteiger partial charge on any atom is 0.274 e. The first-order chi connectivity index (χ1) is 14.2. The number of H-pyrrole nitrogens is 1. The van der Waals surface area contributed by atoms with E-state index in [9.17, 15) is 4.79 Å². The Morgan fingerprint density at radius 2 is 2.14 bits per heavy atom. The van der Waals surface area contributed by atoms with E-state index in [-0.39, 0.29) is 12.0 Å². The lowest BCUT2D eigenvalue weighted by atomic mass is 10.1. The fraction of sp³-hybridized carbons (Fsp3) is 0.250. The van der Waals surface area contributed by atoms with Gasteiger partial charge in [-0.2, -0.15) is 5.10 Å². The van der Waals surface area contributed by atoms with Crippen molar-refractivity contribution in [3.8, 4) is 16.6 Å². The fourth-order valence-electron chi connectivity index (χ4n) is 3.42. The third-order valence-corrected chi connectivity index (χ3v) is 6.15. The van der Waals surface area contributed by atoms with Crippen LogP contribution in [0.1, 0.15) is 23.3 Å². The maximum absolute atomic E-state index is 12.7. The molecular weight excluding hydrogens is 412 g/mol. The van der Waals surface area contributed by atoms with Crippen molar-refractivity contribution in [3.05, 3.63) is 53.4 Å². The van der Waals surface area contributed by atoms with E-state index >= 15 is 0 Å². The van der Waals surface area contributed by atoms with Gasteiger partial charge in [-0.05, 0) is 24.3 Å². The summed E-state index contributed by atoms with van der Waals surface area (Å²) in [7, 11) is 0. The first-order valence-electron chi connectivity index (χ1n) is 9.27. The van der Waals surface area contributed by atoms with Crippen molar-refractivity contribution in [2.45, 2.75) is 18.9 Å². The molecule has 1 fully saturated rings. The highest BCUT2D eigenvalue weighted by molar-refractivity contribution is 7.20. The third kappa shape index (κ3) is 3.61. The molecule has 3 aromatic heterocycles. The molecule has 1 aliphatic heterocycles.